The number of benzene rings is 3. The number of aromatic hydroxyl groups is 1. The van der Waals surface area contributed by atoms with Crippen molar-refractivity contribution in [3.8, 4) is 17.2 Å². The van der Waals surface area contributed by atoms with Crippen LogP contribution in [0.2, 0.25) is 10.0 Å². The zero-order valence-electron chi connectivity index (χ0n) is 27.0. The fourth-order valence-electron chi connectivity index (χ4n) is 8.40. The molecule has 14 heteroatoms. The molecule has 3 aromatic carbocycles. The lowest BCUT2D eigenvalue weighted by atomic mass is 9.49. The molecule has 0 radical (unpaired) electrons. The monoisotopic (exact) mass is 719 g/mol. The van der Waals surface area contributed by atoms with Gasteiger partial charge in [0.2, 0.25) is 11.8 Å². The summed E-state index contributed by atoms with van der Waals surface area (Å²) < 4.78 is 15.7. The van der Waals surface area contributed by atoms with Crippen LogP contribution in [0.4, 0.5) is 10.5 Å². The summed E-state index contributed by atoms with van der Waals surface area (Å²) in [4.78, 5) is 70.6. The first-order valence-electron chi connectivity index (χ1n) is 15.8. The Morgan fingerprint density at radius 2 is 1.66 bits per heavy atom. The van der Waals surface area contributed by atoms with Gasteiger partial charge in [-0.2, -0.15) is 9.91 Å². The molecule has 2 aliphatic heterocycles. The summed E-state index contributed by atoms with van der Waals surface area (Å²) in [5.41, 5.74) is 2.76. The number of nitrogens with one attached hydrogen (secondary N) is 1. The molecule has 2 aliphatic carbocycles. The standard InChI is InChI=1S/C36H31Cl2N3O9/c1-48-19-10-7-17(8-11-19)36-24(32(44)41(34(36)46)39-26-14-9-18(37)15-25(26)38)16-23-20(29(36)22-5-4-6-27(49-2)30(22)42)12-13-21-28(23)33(45)40(31(21)43)35(47)50-3/h4-12,14-15,21,23-24,28-29,39,42H,13,16H2,1-3H3/t21-,23+,24-,28-,29+,36+/m0/s1. The number of hydrazine groups is 1. The lowest BCUT2D eigenvalue weighted by Crippen LogP contribution is -2.53. The Balaban J connectivity index is 1.48. The van der Waals surface area contributed by atoms with Gasteiger partial charge in [-0.1, -0.05) is 59.1 Å². The van der Waals surface area contributed by atoms with Crippen molar-refractivity contribution in [1.82, 2.24) is 9.91 Å². The first-order valence-corrected chi connectivity index (χ1v) is 16.5. The minimum absolute atomic E-state index is 0.0363. The van der Waals surface area contributed by atoms with Crippen molar-refractivity contribution in [3.63, 3.8) is 0 Å². The Hall–Kier alpha value is -5.07. The van der Waals surface area contributed by atoms with E-state index in [1.54, 1.807) is 54.6 Å². The van der Waals surface area contributed by atoms with E-state index in [0.717, 1.165) is 12.1 Å². The maximum absolute atomic E-state index is 15.3. The molecule has 1 saturated carbocycles. The van der Waals surface area contributed by atoms with Crippen molar-refractivity contribution >= 4 is 58.6 Å². The first-order chi connectivity index (χ1) is 24.0. The van der Waals surface area contributed by atoms with Crippen LogP contribution in [-0.2, 0) is 29.3 Å². The number of methoxy groups -OCH3 is 3. The summed E-state index contributed by atoms with van der Waals surface area (Å²) in [7, 11) is 3.98. The highest BCUT2D eigenvalue weighted by atomic mass is 35.5. The molecule has 5 amide bonds. The molecule has 0 aromatic heterocycles. The molecule has 6 atom stereocenters. The van der Waals surface area contributed by atoms with E-state index in [2.05, 4.69) is 5.43 Å². The Morgan fingerprint density at radius 1 is 0.920 bits per heavy atom. The SMILES string of the molecule is COC(=O)N1C(=O)[C@H]2[C@H](CC=C3[C@H]2C[C@H]2C(=O)N(Nc4ccc(Cl)cc4Cl)C(=O)[C@@]2(c2ccc(OC)cc2)[C@H]3c2cccc(OC)c2O)C1=O. The third-order valence-electron chi connectivity index (χ3n) is 10.5. The zero-order valence-corrected chi connectivity index (χ0v) is 28.5. The molecule has 258 valence electrons. The molecule has 3 fully saturated rings. The molecule has 2 N–H and O–H groups in total. The molecule has 3 aromatic rings. The normalized spacial score (nSPS) is 27.0. The molecular weight excluding hydrogens is 689 g/mol. The topological polar surface area (TPSA) is 152 Å². The number of halogens is 2. The Morgan fingerprint density at radius 3 is 2.32 bits per heavy atom. The van der Waals surface area contributed by atoms with Crippen LogP contribution in [-0.4, -0.2) is 66.1 Å². The van der Waals surface area contributed by atoms with Gasteiger partial charge in [-0.05, 0) is 60.7 Å². The lowest BCUT2D eigenvalue weighted by Gasteiger charge is -2.50. The molecule has 0 unspecified atom stereocenters. The van der Waals surface area contributed by atoms with Crippen LogP contribution < -0.4 is 14.9 Å². The minimum Gasteiger partial charge on any atom is -0.504 e. The third kappa shape index (κ3) is 4.68. The summed E-state index contributed by atoms with van der Waals surface area (Å²) in [6.07, 6.45) is 0.741. The highest BCUT2D eigenvalue weighted by molar-refractivity contribution is 6.36. The van der Waals surface area contributed by atoms with Crippen LogP contribution >= 0.6 is 23.2 Å². The van der Waals surface area contributed by atoms with Crippen molar-refractivity contribution in [3.05, 3.63) is 93.5 Å². The number of phenolic OH excluding ortho intramolecular Hbond substituents is 1. The molecule has 12 nitrogen and oxygen atoms in total. The number of amides is 5. The number of phenols is 1. The fourth-order valence-corrected chi connectivity index (χ4v) is 8.85. The van der Waals surface area contributed by atoms with Crippen LogP contribution in [0.1, 0.15) is 29.9 Å². The van der Waals surface area contributed by atoms with Crippen LogP contribution in [0.3, 0.4) is 0 Å². The number of anilines is 1. The summed E-state index contributed by atoms with van der Waals surface area (Å²) in [5.74, 6) is -7.18. The van der Waals surface area contributed by atoms with Crippen molar-refractivity contribution in [2.45, 2.75) is 24.2 Å². The Kier molecular flexibility index (Phi) is 8.26. The van der Waals surface area contributed by atoms with E-state index in [1.165, 1.54) is 26.4 Å². The smallest absolute Gasteiger partial charge is 0.423 e. The number of allylic oxidation sites excluding steroid dienone is 2. The average Bonchev–Trinajstić information content (AvgIpc) is 3.50. The number of nitrogens with zero attached hydrogens (tertiary/aromatic N) is 2. The van der Waals surface area contributed by atoms with Gasteiger partial charge in [0.05, 0.1) is 55.2 Å². The number of carbonyl (C=O) groups is 5. The van der Waals surface area contributed by atoms with Gasteiger partial charge < -0.3 is 19.3 Å². The predicted molar refractivity (Wildman–Crippen MR) is 180 cm³/mol. The quantitative estimate of drug-likeness (QED) is 0.248. The molecular formula is C36H31Cl2N3O9. The number of ether oxygens (including phenoxy) is 3. The maximum atomic E-state index is 15.3. The van der Waals surface area contributed by atoms with Gasteiger partial charge >= 0.3 is 6.09 Å². The van der Waals surface area contributed by atoms with E-state index < -0.39 is 64.7 Å². The largest absolute Gasteiger partial charge is 0.504 e. The highest BCUT2D eigenvalue weighted by Crippen LogP contribution is 2.65. The lowest BCUT2D eigenvalue weighted by molar-refractivity contribution is -0.140. The van der Waals surface area contributed by atoms with Gasteiger partial charge in [-0.25, -0.2) is 4.79 Å². The van der Waals surface area contributed by atoms with E-state index in [0.29, 0.717) is 26.8 Å². The summed E-state index contributed by atoms with van der Waals surface area (Å²) in [5, 5.41) is 13.1. The fraction of sp³-hybridized carbons (Fsp3) is 0.306. The van der Waals surface area contributed by atoms with Crippen LogP contribution in [0.25, 0.3) is 0 Å². The van der Waals surface area contributed by atoms with Gasteiger partial charge in [0.25, 0.3) is 11.8 Å². The predicted octanol–water partition coefficient (Wildman–Crippen LogP) is 5.47. The number of rotatable bonds is 6. The second-order valence-electron chi connectivity index (χ2n) is 12.6. The molecule has 2 heterocycles. The van der Waals surface area contributed by atoms with Gasteiger partial charge in [0.15, 0.2) is 11.5 Å². The Bertz CT molecular complexity index is 2000. The number of hydrogen-bond acceptors (Lipinski definition) is 10. The first kappa shape index (κ1) is 33.4. The molecule has 0 bridgehead atoms. The highest BCUT2D eigenvalue weighted by Gasteiger charge is 2.71. The van der Waals surface area contributed by atoms with Crippen LogP contribution in [0, 0.1) is 23.7 Å². The van der Waals surface area contributed by atoms with Gasteiger partial charge in [0, 0.05) is 16.5 Å². The number of carbonyl (C=O) groups excluding carboxylic acids is 5. The molecule has 0 spiro atoms. The molecule has 50 heavy (non-hydrogen) atoms. The van der Waals surface area contributed by atoms with Crippen LogP contribution in [0.5, 0.6) is 17.2 Å². The number of likely N-dealkylation sites (tertiary alicyclic amines) is 1. The van der Waals surface area contributed by atoms with Gasteiger partial charge in [-0.3, -0.25) is 24.6 Å². The second kappa shape index (κ2) is 12.4. The summed E-state index contributed by atoms with van der Waals surface area (Å²) in [6, 6.07) is 16.2. The molecule has 4 aliphatic rings. The van der Waals surface area contributed by atoms with Gasteiger partial charge in [0.1, 0.15) is 5.75 Å². The van der Waals surface area contributed by atoms with Crippen LogP contribution in [0.15, 0.2) is 72.3 Å². The summed E-state index contributed by atoms with van der Waals surface area (Å²) in [6.45, 7) is 0. The van der Waals surface area contributed by atoms with Crippen molar-refractivity contribution < 1.29 is 43.3 Å². The van der Waals surface area contributed by atoms with Crippen molar-refractivity contribution in [2.24, 2.45) is 23.7 Å². The Labute approximate surface area is 296 Å². The number of fused-ring (bicyclic) bond motifs is 4. The van der Waals surface area contributed by atoms with Gasteiger partial charge in [-0.15, -0.1) is 0 Å². The maximum Gasteiger partial charge on any atom is 0.423 e. The number of hydrogen-bond donors (Lipinski definition) is 2. The second-order valence-corrected chi connectivity index (χ2v) is 13.4. The average molecular weight is 721 g/mol. The van der Waals surface area contributed by atoms with Crippen molar-refractivity contribution in [1.29, 1.82) is 0 Å². The van der Waals surface area contributed by atoms with Crippen molar-refractivity contribution in [2.75, 3.05) is 26.8 Å². The van der Waals surface area contributed by atoms with E-state index >= 15 is 4.79 Å². The number of para-hydroxylation sites is 1. The molecule has 7 rings (SSSR count). The number of imide groups is 4. The van der Waals surface area contributed by atoms with E-state index in [-0.39, 0.29) is 40.6 Å². The zero-order chi connectivity index (χ0) is 35.6. The third-order valence-corrected chi connectivity index (χ3v) is 11.0. The summed E-state index contributed by atoms with van der Waals surface area (Å²) >= 11 is 12.6. The van der Waals surface area contributed by atoms with E-state index in [4.69, 9.17) is 37.4 Å². The molecule has 2 saturated heterocycles. The minimum atomic E-state index is -1.69. The van der Waals surface area contributed by atoms with E-state index in [1.807, 2.05) is 0 Å². The van der Waals surface area contributed by atoms with E-state index in [9.17, 15) is 24.3 Å².